The monoisotopic (exact) mass is 262 g/mol. The number of likely N-dealkylation sites (N-methyl/N-ethyl adjacent to an activating group) is 1. The minimum Gasteiger partial charge on any atom is -0.369 e. The second kappa shape index (κ2) is 7.54. The van der Waals surface area contributed by atoms with Gasteiger partial charge in [0.15, 0.2) is 0 Å². The first-order valence-corrected chi connectivity index (χ1v) is 7.61. The highest BCUT2D eigenvalue weighted by molar-refractivity contribution is 5.52. The Balaban J connectivity index is 0.000000861. The van der Waals surface area contributed by atoms with Gasteiger partial charge in [0.05, 0.1) is 0 Å². The van der Waals surface area contributed by atoms with Crippen LogP contribution in [0.25, 0.3) is 0 Å². The summed E-state index contributed by atoms with van der Waals surface area (Å²) in [6.45, 7) is 15.4. The first kappa shape index (κ1) is 16.0. The molecular formula is C17H30N2. The molecule has 0 radical (unpaired) electrons. The van der Waals surface area contributed by atoms with E-state index in [0.717, 1.165) is 13.1 Å². The van der Waals surface area contributed by atoms with Crippen molar-refractivity contribution in [1.29, 1.82) is 0 Å². The fourth-order valence-electron chi connectivity index (χ4n) is 2.37. The lowest BCUT2D eigenvalue weighted by atomic mass is 10.00. The smallest absolute Gasteiger partial charge is 0.0372 e. The molecule has 0 aliphatic carbocycles. The number of anilines is 1. The average molecular weight is 262 g/mol. The minimum atomic E-state index is 0.612. The highest BCUT2D eigenvalue weighted by atomic mass is 15.2. The van der Waals surface area contributed by atoms with Crippen molar-refractivity contribution in [2.75, 3.05) is 38.1 Å². The molecule has 2 nitrogen and oxygen atoms in total. The van der Waals surface area contributed by atoms with Crippen molar-refractivity contribution in [2.45, 2.75) is 40.5 Å². The van der Waals surface area contributed by atoms with Crippen molar-refractivity contribution in [3.8, 4) is 0 Å². The van der Waals surface area contributed by atoms with Crippen LogP contribution in [-0.2, 0) is 0 Å². The summed E-state index contributed by atoms with van der Waals surface area (Å²) in [5.41, 5.74) is 4.24. The Morgan fingerprint density at radius 1 is 0.947 bits per heavy atom. The van der Waals surface area contributed by atoms with Crippen molar-refractivity contribution in [3.63, 3.8) is 0 Å². The van der Waals surface area contributed by atoms with Crippen LogP contribution in [0.15, 0.2) is 18.2 Å². The van der Waals surface area contributed by atoms with E-state index < -0.39 is 0 Å². The number of rotatable bonds is 2. The van der Waals surface area contributed by atoms with Crippen molar-refractivity contribution in [1.82, 2.24) is 4.90 Å². The van der Waals surface area contributed by atoms with E-state index >= 15 is 0 Å². The highest BCUT2D eigenvalue weighted by Gasteiger charge is 2.15. The van der Waals surface area contributed by atoms with E-state index in [1.807, 2.05) is 13.8 Å². The molecule has 2 rings (SSSR count). The normalized spacial score (nSPS) is 16.3. The summed E-state index contributed by atoms with van der Waals surface area (Å²) in [6, 6.07) is 6.99. The predicted molar refractivity (Wildman–Crippen MR) is 86.3 cm³/mol. The summed E-state index contributed by atoms with van der Waals surface area (Å²) in [6.07, 6.45) is 0. The van der Waals surface area contributed by atoms with Gasteiger partial charge < -0.3 is 9.80 Å². The van der Waals surface area contributed by atoms with Crippen LogP contribution in [0.2, 0.25) is 0 Å². The van der Waals surface area contributed by atoms with E-state index in [1.54, 1.807) is 0 Å². The summed E-state index contributed by atoms with van der Waals surface area (Å²) >= 11 is 0. The number of piperazine rings is 1. The standard InChI is InChI=1S/C15H24N2.C2H6/c1-12(2)14-9-13(3)10-15(11-14)17-7-5-16(4)6-8-17;1-2/h9-12H,5-8H2,1-4H3;1-2H3. The maximum atomic E-state index is 2.51. The maximum absolute atomic E-state index is 2.51. The van der Waals surface area contributed by atoms with Crippen molar-refractivity contribution in [2.24, 2.45) is 0 Å². The number of nitrogens with zero attached hydrogens (tertiary/aromatic N) is 2. The molecule has 1 aliphatic rings. The van der Waals surface area contributed by atoms with Gasteiger partial charge in [0.2, 0.25) is 0 Å². The molecule has 0 atom stereocenters. The topological polar surface area (TPSA) is 6.48 Å². The number of benzene rings is 1. The lowest BCUT2D eigenvalue weighted by Crippen LogP contribution is -2.44. The van der Waals surface area contributed by atoms with Crippen LogP contribution in [0.4, 0.5) is 5.69 Å². The fraction of sp³-hybridized carbons (Fsp3) is 0.647. The Bertz CT molecular complexity index is 377. The maximum Gasteiger partial charge on any atom is 0.0372 e. The Labute approximate surface area is 119 Å². The highest BCUT2D eigenvalue weighted by Crippen LogP contribution is 2.24. The molecule has 1 heterocycles. The molecule has 108 valence electrons. The Kier molecular flexibility index (Phi) is 6.36. The van der Waals surface area contributed by atoms with Crippen LogP contribution < -0.4 is 4.90 Å². The zero-order valence-electron chi connectivity index (χ0n) is 13.5. The zero-order chi connectivity index (χ0) is 14.4. The second-order valence-corrected chi connectivity index (χ2v) is 5.55. The Hall–Kier alpha value is -1.02. The van der Waals surface area contributed by atoms with E-state index in [4.69, 9.17) is 0 Å². The second-order valence-electron chi connectivity index (χ2n) is 5.55. The molecule has 0 spiro atoms. The third-order valence-electron chi connectivity index (χ3n) is 3.62. The zero-order valence-corrected chi connectivity index (χ0v) is 13.5. The van der Waals surface area contributed by atoms with Crippen molar-refractivity contribution in [3.05, 3.63) is 29.3 Å². The molecule has 19 heavy (non-hydrogen) atoms. The van der Waals surface area contributed by atoms with Gasteiger partial charge in [0.25, 0.3) is 0 Å². The van der Waals surface area contributed by atoms with E-state index in [2.05, 4.69) is 55.8 Å². The van der Waals surface area contributed by atoms with Gasteiger partial charge in [0, 0.05) is 31.9 Å². The molecule has 0 N–H and O–H groups in total. The third-order valence-corrected chi connectivity index (χ3v) is 3.62. The quantitative estimate of drug-likeness (QED) is 0.797. The molecule has 1 saturated heterocycles. The Morgan fingerprint density at radius 2 is 1.53 bits per heavy atom. The summed E-state index contributed by atoms with van der Waals surface area (Å²) < 4.78 is 0. The van der Waals surface area contributed by atoms with E-state index in [0.29, 0.717) is 5.92 Å². The first-order chi connectivity index (χ1) is 9.06. The SMILES string of the molecule is CC.Cc1cc(C(C)C)cc(N2CCN(C)CC2)c1. The average Bonchev–Trinajstić information content (AvgIpc) is 2.41. The molecule has 1 fully saturated rings. The van der Waals surface area contributed by atoms with Gasteiger partial charge in [-0.2, -0.15) is 0 Å². The van der Waals surface area contributed by atoms with Gasteiger partial charge in [-0.25, -0.2) is 0 Å². The number of hydrogen-bond donors (Lipinski definition) is 0. The lowest BCUT2D eigenvalue weighted by molar-refractivity contribution is 0.313. The minimum absolute atomic E-state index is 0.612. The first-order valence-electron chi connectivity index (χ1n) is 7.61. The fourth-order valence-corrected chi connectivity index (χ4v) is 2.37. The molecule has 0 unspecified atom stereocenters. The van der Waals surface area contributed by atoms with Crippen molar-refractivity contribution < 1.29 is 0 Å². The third kappa shape index (κ3) is 4.54. The van der Waals surface area contributed by atoms with Crippen LogP contribution in [0.3, 0.4) is 0 Å². The molecule has 0 aromatic heterocycles. The summed E-state index contributed by atoms with van der Waals surface area (Å²) in [5, 5.41) is 0. The van der Waals surface area contributed by atoms with Gasteiger partial charge in [-0.3, -0.25) is 0 Å². The van der Waals surface area contributed by atoms with Gasteiger partial charge in [-0.1, -0.05) is 33.8 Å². The number of aryl methyl sites for hydroxylation is 1. The van der Waals surface area contributed by atoms with Crippen molar-refractivity contribution >= 4 is 5.69 Å². The summed E-state index contributed by atoms with van der Waals surface area (Å²) in [5.74, 6) is 0.612. The molecule has 0 amide bonds. The van der Waals surface area contributed by atoms with Gasteiger partial charge >= 0.3 is 0 Å². The van der Waals surface area contributed by atoms with Crippen LogP contribution in [-0.4, -0.2) is 38.1 Å². The molecule has 2 heteroatoms. The molecule has 1 aromatic carbocycles. The van der Waals surface area contributed by atoms with Crippen LogP contribution in [0.5, 0.6) is 0 Å². The molecule has 1 aromatic rings. The molecule has 0 saturated carbocycles. The van der Waals surface area contributed by atoms with Gasteiger partial charge in [-0.15, -0.1) is 0 Å². The lowest BCUT2D eigenvalue weighted by Gasteiger charge is -2.34. The molecular weight excluding hydrogens is 232 g/mol. The van der Waals surface area contributed by atoms with Gasteiger partial charge in [-0.05, 0) is 43.1 Å². The predicted octanol–water partition coefficient (Wildman–Crippen LogP) is 3.90. The molecule has 1 aliphatic heterocycles. The summed E-state index contributed by atoms with van der Waals surface area (Å²) in [7, 11) is 2.20. The van der Waals surface area contributed by atoms with Crippen LogP contribution in [0, 0.1) is 6.92 Å². The largest absolute Gasteiger partial charge is 0.369 e. The van der Waals surface area contributed by atoms with E-state index in [1.165, 1.54) is 29.9 Å². The van der Waals surface area contributed by atoms with E-state index in [-0.39, 0.29) is 0 Å². The molecule has 0 bridgehead atoms. The van der Waals surface area contributed by atoms with Crippen LogP contribution in [0.1, 0.15) is 44.7 Å². The van der Waals surface area contributed by atoms with Crippen LogP contribution >= 0.6 is 0 Å². The van der Waals surface area contributed by atoms with E-state index in [9.17, 15) is 0 Å². The Morgan fingerprint density at radius 3 is 2.05 bits per heavy atom. The van der Waals surface area contributed by atoms with Gasteiger partial charge in [0.1, 0.15) is 0 Å². The summed E-state index contributed by atoms with van der Waals surface area (Å²) in [4.78, 5) is 4.91. The number of hydrogen-bond acceptors (Lipinski definition) is 2.